The Balaban J connectivity index is 1.34. The zero-order valence-corrected chi connectivity index (χ0v) is 21.1. The second kappa shape index (κ2) is 12.5. The maximum Gasteiger partial charge on any atom is 0.266 e. The van der Waals surface area contributed by atoms with Crippen LogP contribution in [-0.2, 0) is 14.4 Å². The monoisotopic (exact) mass is 503 g/mol. The molecular formula is C28H29N3O4S. The van der Waals surface area contributed by atoms with E-state index in [-0.39, 0.29) is 11.8 Å². The fourth-order valence-electron chi connectivity index (χ4n) is 3.64. The van der Waals surface area contributed by atoms with Crippen molar-refractivity contribution in [2.75, 3.05) is 6.61 Å². The molecule has 1 aliphatic rings. The maximum atomic E-state index is 12.8. The summed E-state index contributed by atoms with van der Waals surface area (Å²) >= 11 is 1.58. The van der Waals surface area contributed by atoms with E-state index in [0.717, 1.165) is 40.3 Å². The van der Waals surface area contributed by atoms with Crippen LogP contribution in [0.2, 0.25) is 0 Å². The van der Waals surface area contributed by atoms with Gasteiger partial charge in [-0.2, -0.15) is 0 Å². The zero-order chi connectivity index (χ0) is 25.3. The largest absolute Gasteiger partial charge is 0.350 e. The predicted molar refractivity (Wildman–Crippen MR) is 139 cm³/mol. The van der Waals surface area contributed by atoms with Gasteiger partial charge in [0.05, 0.1) is 15.4 Å². The molecule has 186 valence electrons. The summed E-state index contributed by atoms with van der Waals surface area (Å²) in [5.41, 5.74) is 4.61. The lowest BCUT2D eigenvalue weighted by molar-refractivity contribution is -0.201. The Morgan fingerprint density at radius 3 is 2.61 bits per heavy atom. The van der Waals surface area contributed by atoms with E-state index >= 15 is 0 Å². The highest BCUT2D eigenvalue weighted by Crippen LogP contribution is 2.25. The van der Waals surface area contributed by atoms with Crippen LogP contribution in [0.1, 0.15) is 53.9 Å². The van der Waals surface area contributed by atoms with Crippen molar-refractivity contribution in [3.8, 4) is 22.4 Å². The third-order valence-corrected chi connectivity index (χ3v) is 6.69. The molecule has 3 aromatic rings. The summed E-state index contributed by atoms with van der Waals surface area (Å²) in [6, 6.07) is 16.1. The number of benzene rings is 1. The van der Waals surface area contributed by atoms with Crippen LogP contribution in [0.4, 0.5) is 0 Å². The molecule has 1 unspecified atom stereocenters. The molecule has 1 saturated heterocycles. The number of carbonyl (C=O) groups is 2. The number of hydrogen-bond acceptors (Lipinski definition) is 6. The topological polar surface area (TPSA) is 89.6 Å². The molecule has 1 aromatic carbocycles. The van der Waals surface area contributed by atoms with Crippen molar-refractivity contribution in [3.63, 3.8) is 0 Å². The van der Waals surface area contributed by atoms with Crippen LogP contribution in [0.15, 0.2) is 60.8 Å². The van der Waals surface area contributed by atoms with Gasteiger partial charge in [0, 0.05) is 30.4 Å². The van der Waals surface area contributed by atoms with Crippen molar-refractivity contribution in [2.45, 2.75) is 45.4 Å². The van der Waals surface area contributed by atoms with Crippen LogP contribution < -0.4 is 10.8 Å². The number of aromatic nitrogens is 1. The van der Waals surface area contributed by atoms with Gasteiger partial charge in [0.2, 0.25) is 0 Å². The summed E-state index contributed by atoms with van der Waals surface area (Å²) in [4.78, 5) is 37.2. The average molecular weight is 504 g/mol. The van der Waals surface area contributed by atoms with Gasteiger partial charge in [0.1, 0.15) is 6.04 Å². The van der Waals surface area contributed by atoms with Crippen molar-refractivity contribution in [1.82, 2.24) is 15.8 Å². The second-order valence-electron chi connectivity index (χ2n) is 8.78. The minimum Gasteiger partial charge on any atom is -0.350 e. The summed E-state index contributed by atoms with van der Waals surface area (Å²) in [7, 11) is 0. The van der Waals surface area contributed by atoms with E-state index in [4.69, 9.17) is 9.57 Å². The minimum atomic E-state index is -0.743. The van der Waals surface area contributed by atoms with Crippen LogP contribution in [0.3, 0.4) is 0 Å². The molecule has 7 nitrogen and oxygen atoms in total. The van der Waals surface area contributed by atoms with Crippen LogP contribution in [0.5, 0.6) is 0 Å². The highest BCUT2D eigenvalue weighted by molar-refractivity contribution is 7.16. The lowest BCUT2D eigenvalue weighted by Gasteiger charge is -2.25. The predicted octanol–water partition coefficient (Wildman–Crippen LogP) is 4.54. The van der Waals surface area contributed by atoms with Gasteiger partial charge in [-0.05, 0) is 67.3 Å². The highest BCUT2D eigenvalue weighted by atomic mass is 32.1. The molecule has 2 atom stereocenters. The lowest BCUT2D eigenvalue weighted by Crippen LogP contribution is -2.50. The molecule has 8 heteroatoms. The Hall–Kier alpha value is -3.51. The number of nitrogens with zero attached hydrogens (tertiary/aromatic N) is 1. The van der Waals surface area contributed by atoms with Crippen molar-refractivity contribution >= 4 is 23.2 Å². The number of amides is 2. The molecule has 0 radical (unpaired) electrons. The number of pyridine rings is 1. The van der Waals surface area contributed by atoms with E-state index in [9.17, 15) is 9.59 Å². The molecule has 2 amide bonds. The summed E-state index contributed by atoms with van der Waals surface area (Å²) < 4.78 is 5.46. The van der Waals surface area contributed by atoms with Gasteiger partial charge in [0.25, 0.3) is 11.8 Å². The molecule has 1 fully saturated rings. The van der Waals surface area contributed by atoms with Gasteiger partial charge in [-0.25, -0.2) is 10.3 Å². The fourth-order valence-corrected chi connectivity index (χ4v) is 4.48. The summed E-state index contributed by atoms with van der Waals surface area (Å²) in [5, 5.41) is 2.80. The number of ether oxygens (including phenoxy) is 1. The molecule has 0 bridgehead atoms. The van der Waals surface area contributed by atoms with Crippen LogP contribution >= 0.6 is 11.3 Å². The quantitative estimate of drug-likeness (QED) is 0.365. The van der Waals surface area contributed by atoms with Gasteiger partial charge >= 0.3 is 0 Å². The molecular weight excluding hydrogens is 474 g/mol. The van der Waals surface area contributed by atoms with Crippen molar-refractivity contribution in [1.29, 1.82) is 0 Å². The lowest BCUT2D eigenvalue weighted by atomic mass is 10.0. The smallest absolute Gasteiger partial charge is 0.266 e. The highest BCUT2D eigenvalue weighted by Gasteiger charge is 2.26. The number of rotatable bonds is 7. The normalized spacial score (nSPS) is 16.0. The second-order valence-corrected chi connectivity index (χ2v) is 9.87. The van der Waals surface area contributed by atoms with E-state index in [0.29, 0.717) is 12.2 Å². The Bertz CT molecular complexity index is 1220. The Labute approximate surface area is 215 Å². The summed E-state index contributed by atoms with van der Waals surface area (Å²) in [5.74, 6) is 5.43. The molecule has 4 rings (SSSR count). The molecule has 3 heterocycles. The summed E-state index contributed by atoms with van der Waals surface area (Å²) in [6.07, 6.45) is 4.03. The average Bonchev–Trinajstić information content (AvgIpc) is 3.39. The Morgan fingerprint density at radius 1 is 1.08 bits per heavy atom. The van der Waals surface area contributed by atoms with Gasteiger partial charge in [-0.3, -0.25) is 14.6 Å². The first-order valence-electron chi connectivity index (χ1n) is 12.0. The third kappa shape index (κ3) is 7.01. The number of hydroxylamine groups is 1. The molecule has 0 aliphatic carbocycles. The van der Waals surface area contributed by atoms with Crippen LogP contribution in [0, 0.1) is 17.8 Å². The van der Waals surface area contributed by atoms with Crippen molar-refractivity contribution in [2.24, 2.45) is 5.92 Å². The number of nitrogens with one attached hydrogen (secondary N) is 2. The molecule has 2 N–H and O–H groups in total. The molecule has 1 aliphatic heterocycles. The van der Waals surface area contributed by atoms with Crippen LogP contribution in [-0.4, -0.2) is 35.7 Å². The SMILES string of the molecule is CC(C)[C@H](NC(=O)c1ccc(C#Cc2ccc(-c3ccccn3)s2)cc1)C(=O)NOC1CCCCO1. The van der Waals surface area contributed by atoms with E-state index in [1.54, 1.807) is 41.8 Å². The van der Waals surface area contributed by atoms with Gasteiger partial charge < -0.3 is 10.1 Å². The summed E-state index contributed by atoms with van der Waals surface area (Å²) in [6.45, 7) is 4.35. The molecule has 2 aromatic heterocycles. The zero-order valence-electron chi connectivity index (χ0n) is 20.3. The molecule has 0 spiro atoms. The Morgan fingerprint density at radius 2 is 1.92 bits per heavy atom. The molecule has 36 heavy (non-hydrogen) atoms. The van der Waals surface area contributed by atoms with Crippen LogP contribution in [0.25, 0.3) is 10.6 Å². The van der Waals surface area contributed by atoms with E-state index in [1.165, 1.54) is 0 Å². The van der Waals surface area contributed by atoms with E-state index < -0.39 is 18.2 Å². The third-order valence-electron chi connectivity index (χ3n) is 5.67. The fraction of sp³-hybridized carbons (Fsp3) is 0.321. The first-order valence-corrected chi connectivity index (χ1v) is 12.8. The van der Waals surface area contributed by atoms with Crippen molar-refractivity contribution in [3.05, 3.63) is 76.8 Å². The van der Waals surface area contributed by atoms with E-state index in [1.807, 2.05) is 44.2 Å². The standard InChI is InChI=1S/C28H29N3O4S/c1-19(2)26(28(33)31-35-25-8-4-6-18-34-25)30-27(32)21-12-9-20(10-13-21)11-14-22-15-16-24(36-22)23-7-3-5-17-29-23/h3,5,7,9-10,12-13,15-17,19,25-26H,4,6,8,18H2,1-2H3,(H,30,32)(H,31,33)/t25?,26-/m0/s1. The minimum absolute atomic E-state index is 0.128. The number of hydrogen-bond donors (Lipinski definition) is 2. The maximum absolute atomic E-state index is 12.8. The molecule has 0 saturated carbocycles. The first-order chi connectivity index (χ1) is 17.5. The number of carbonyl (C=O) groups excluding carboxylic acids is 2. The van der Waals surface area contributed by atoms with Crippen molar-refractivity contribution < 1.29 is 19.2 Å². The Kier molecular flexibility index (Phi) is 8.85. The van der Waals surface area contributed by atoms with Gasteiger partial charge in [-0.15, -0.1) is 11.3 Å². The van der Waals surface area contributed by atoms with Gasteiger partial charge in [0.15, 0.2) is 6.29 Å². The van der Waals surface area contributed by atoms with Gasteiger partial charge in [-0.1, -0.05) is 31.8 Å². The number of thiophene rings is 1. The first kappa shape index (κ1) is 25.6. The van der Waals surface area contributed by atoms with E-state index in [2.05, 4.69) is 27.6 Å².